The van der Waals surface area contributed by atoms with Gasteiger partial charge in [-0.1, -0.05) is 12.1 Å². The molecule has 1 aliphatic heterocycles. The van der Waals surface area contributed by atoms with Gasteiger partial charge < -0.3 is 9.64 Å². The van der Waals surface area contributed by atoms with E-state index >= 15 is 0 Å². The molecule has 1 saturated heterocycles. The summed E-state index contributed by atoms with van der Waals surface area (Å²) < 4.78 is 5.20. The van der Waals surface area contributed by atoms with E-state index in [9.17, 15) is 9.59 Å². The lowest BCUT2D eigenvalue weighted by Gasteiger charge is -2.38. The van der Waals surface area contributed by atoms with Gasteiger partial charge in [-0.05, 0) is 31.0 Å². The number of ether oxygens (including phenoxy) is 1. The number of hydrogen-bond acceptors (Lipinski definition) is 5. The summed E-state index contributed by atoms with van der Waals surface area (Å²) in [5.74, 6) is 5.77. The molecule has 1 heterocycles. The zero-order chi connectivity index (χ0) is 18.2. The van der Waals surface area contributed by atoms with Gasteiger partial charge in [-0.15, -0.1) is 0 Å². The number of rotatable bonds is 7. The number of nitrogens with one attached hydrogen (secondary N) is 1. The van der Waals surface area contributed by atoms with E-state index in [1.165, 1.54) is 5.56 Å². The van der Waals surface area contributed by atoms with Crippen molar-refractivity contribution in [3.8, 4) is 5.75 Å². The van der Waals surface area contributed by atoms with Gasteiger partial charge in [0.15, 0.2) is 0 Å². The molecule has 1 fully saturated rings. The Morgan fingerprint density at radius 3 is 2.36 bits per heavy atom. The number of benzene rings is 1. The Balaban J connectivity index is 1.78. The number of nitrogens with two attached hydrogens (primary N) is 1. The van der Waals surface area contributed by atoms with E-state index in [1.54, 1.807) is 7.11 Å². The van der Waals surface area contributed by atoms with Gasteiger partial charge in [0.1, 0.15) is 5.75 Å². The van der Waals surface area contributed by atoms with Gasteiger partial charge in [-0.25, -0.2) is 5.84 Å². The van der Waals surface area contributed by atoms with Crippen LogP contribution in [0.5, 0.6) is 5.75 Å². The van der Waals surface area contributed by atoms with Crippen LogP contribution < -0.4 is 16.0 Å². The first-order chi connectivity index (χ1) is 12.0. The third kappa shape index (κ3) is 5.44. The Bertz CT molecular complexity index is 568. The van der Waals surface area contributed by atoms with Crippen molar-refractivity contribution in [3.63, 3.8) is 0 Å². The standard InChI is InChI=1S/C18H28N4O3/c1-14(15-6-8-16(25-2)9-7-15)21-10-12-22(13-11-21)18(24)5-3-4-17(23)20-19/h6-9,14H,3-5,10-13,19H2,1-2H3,(H,20,23). The second-order valence-electron chi connectivity index (χ2n) is 6.29. The molecule has 2 rings (SSSR count). The minimum atomic E-state index is -0.231. The van der Waals surface area contributed by atoms with E-state index in [-0.39, 0.29) is 18.2 Å². The van der Waals surface area contributed by atoms with E-state index in [1.807, 2.05) is 17.0 Å². The van der Waals surface area contributed by atoms with Crippen molar-refractivity contribution < 1.29 is 14.3 Å². The van der Waals surface area contributed by atoms with Crippen LogP contribution in [0, 0.1) is 0 Å². The summed E-state index contributed by atoms with van der Waals surface area (Å²) in [6.07, 6.45) is 1.21. The Kier molecular flexibility index (Phi) is 7.21. The highest BCUT2D eigenvalue weighted by molar-refractivity contribution is 5.78. The van der Waals surface area contributed by atoms with E-state index < -0.39 is 0 Å². The van der Waals surface area contributed by atoms with Crippen molar-refractivity contribution in [2.24, 2.45) is 5.84 Å². The highest BCUT2D eigenvalue weighted by atomic mass is 16.5. The average Bonchev–Trinajstić information content (AvgIpc) is 2.67. The minimum absolute atomic E-state index is 0.113. The predicted octanol–water partition coefficient (Wildman–Crippen LogP) is 1.06. The van der Waals surface area contributed by atoms with Crippen LogP contribution in [-0.4, -0.2) is 54.9 Å². The normalized spacial score (nSPS) is 16.4. The lowest BCUT2D eigenvalue weighted by molar-refractivity contribution is -0.133. The molecule has 0 bridgehead atoms. The highest BCUT2D eigenvalue weighted by Crippen LogP contribution is 2.24. The van der Waals surface area contributed by atoms with E-state index in [0.717, 1.165) is 31.9 Å². The Morgan fingerprint density at radius 2 is 1.80 bits per heavy atom. The van der Waals surface area contributed by atoms with Crippen LogP contribution in [0.3, 0.4) is 0 Å². The molecule has 1 aliphatic rings. The van der Waals surface area contributed by atoms with Gasteiger partial charge in [0.2, 0.25) is 11.8 Å². The van der Waals surface area contributed by atoms with Crippen molar-refractivity contribution in [2.75, 3.05) is 33.3 Å². The van der Waals surface area contributed by atoms with Gasteiger partial charge in [-0.2, -0.15) is 0 Å². The monoisotopic (exact) mass is 348 g/mol. The average molecular weight is 348 g/mol. The van der Waals surface area contributed by atoms with Gasteiger partial charge in [-0.3, -0.25) is 19.9 Å². The van der Waals surface area contributed by atoms with E-state index in [0.29, 0.717) is 18.9 Å². The molecule has 3 N–H and O–H groups in total. The smallest absolute Gasteiger partial charge is 0.233 e. The third-order valence-electron chi connectivity index (χ3n) is 4.77. The van der Waals surface area contributed by atoms with Crippen LogP contribution >= 0.6 is 0 Å². The van der Waals surface area contributed by atoms with Gasteiger partial charge in [0.25, 0.3) is 0 Å². The van der Waals surface area contributed by atoms with Gasteiger partial charge >= 0.3 is 0 Å². The molecule has 1 atom stereocenters. The zero-order valence-electron chi connectivity index (χ0n) is 15.0. The molecule has 0 spiro atoms. The Morgan fingerprint density at radius 1 is 1.16 bits per heavy atom. The fourth-order valence-corrected chi connectivity index (χ4v) is 3.08. The molecular formula is C18H28N4O3. The van der Waals surface area contributed by atoms with E-state index in [4.69, 9.17) is 10.6 Å². The number of amides is 2. The van der Waals surface area contributed by atoms with Crippen LogP contribution in [0.1, 0.15) is 37.8 Å². The first-order valence-corrected chi connectivity index (χ1v) is 8.70. The van der Waals surface area contributed by atoms with Crippen LogP contribution in [0.15, 0.2) is 24.3 Å². The number of hydrogen-bond donors (Lipinski definition) is 2. The first kappa shape index (κ1) is 19.2. The molecule has 0 aromatic heterocycles. The van der Waals surface area contributed by atoms with Crippen molar-refractivity contribution >= 4 is 11.8 Å². The topological polar surface area (TPSA) is 87.9 Å². The van der Waals surface area contributed by atoms with Crippen molar-refractivity contribution in [2.45, 2.75) is 32.2 Å². The molecule has 7 heteroatoms. The van der Waals surface area contributed by atoms with Crippen LogP contribution in [0.4, 0.5) is 0 Å². The van der Waals surface area contributed by atoms with Crippen molar-refractivity contribution in [3.05, 3.63) is 29.8 Å². The van der Waals surface area contributed by atoms with Crippen LogP contribution in [0.25, 0.3) is 0 Å². The number of nitrogens with zero attached hydrogens (tertiary/aromatic N) is 2. The summed E-state index contributed by atoms with van der Waals surface area (Å²) in [7, 11) is 1.66. The van der Waals surface area contributed by atoms with Gasteiger partial charge in [0.05, 0.1) is 7.11 Å². The fourth-order valence-electron chi connectivity index (χ4n) is 3.08. The van der Waals surface area contributed by atoms with Crippen LogP contribution in [0.2, 0.25) is 0 Å². The summed E-state index contributed by atoms with van der Waals surface area (Å²) in [5.41, 5.74) is 3.32. The maximum absolute atomic E-state index is 12.2. The lowest BCUT2D eigenvalue weighted by atomic mass is 10.1. The summed E-state index contributed by atoms with van der Waals surface area (Å²) in [4.78, 5) is 27.6. The largest absolute Gasteiger partial charge is 0.497 e. The first-order valence-electron chi connectivity index (χ1n) is 8.70. The fraction of sp³-hybridized carbons (Fsp3) is 0.556. The second-order valence-corrected chi connectivity index (χ2v) is 6.29. The zero-order valence-corrected chi connectivity index (χ0v) is 15.0. The Labute approximate surface area is 149 Å². The van der Waals surface area contributed by atoms with E-state index in [2.05, 4.69) is 29.4 Å². The highest BCUT2D eigenvalue weighted by Gasteiger charge is 2.24. The predicted molar refractivity (Wildman–Crippen MR) is 95.7 cm³/mol. The third-order valence-corrected chi connectivity index (χ3v) is 4.77. The van der Waals surface area contributed by atoms with Crippen molar-refractivity contribution in [1.29, 1.82) is 0 Å². The van der Waals surface area contributed by atoms with Crippen molar-refractivity contribution in [1.82, 2.24) is 15.2 Å². The molecule has 0 radical (unpaired) electrons. The molecule has 1 aromatic carbocycles. The number of hydrazine groups is 1. The maximum atomic E-state index is 12.2. The molecule has 2 amide bonds. The summed E-state index contributed by atoms with van der Waals surface area (Å²) in [6, 6.07) is 8.43. The molecular weight excluding hydrogens is 320 g/mol. The molecule has 25 heavy (non-hydrogen) atoms. The summed E-state index contributed by atoms with van der Waals surface area (Å²) in [5, 5.41) is 0. The lowest BCUT2D eigenvalue weighted by Crippen LogP contribution is -2.49. The molecule has 138 valence electrons. The van der Waals surface area contributed by atoms with Crippen LogP contribution in [-0.2, 0) is 9.59 Å². The SMILES string of the molecule is COc1ccc(C(C)N2CCN(C(=O)CCCC(=O)NN)CC2)cc1. The number of methoxy groups -OCH3 is 1. The summed E-state index contributed by atoms with van der Waals surface area (Å²) in [6.45, 7) is 5.33. The number of carbonyl (C=O) groups is 2. The second kappa shape index (κ2) is 9.39. The quantitative estimate of drug-likeness (QED) is 0.437. The van der Waals surface area contributed by atoms with Gasteiger partial charge in [0, 0.05) is 45.1 Å². The number of carbonyl (C=O) groups excluding carboxylic acids is 2. The Hall–Kier alpha value is -2.12. The molecule has 0 saturated carbocycles. The minimum Gasteiger partial charge on any atom is -0.497 e. The molecule has 7 nitrogen and oxygen atoms in total. The maximum Gasteiger partial charge on any atom is 0.233 e. The molecule has 1 aromatic rings. The summed E-state index contributed by atoms with van der Waals surface area (Å²) >= 11 is 0. The molecule has 1 unspecified atom stereocenters. The molecule has 0 aliphatic carbocycles. The number of piperazine rings is 1.